The zero-order chi connectivity index (χ0) is 21.8. The Morgan fingerprint density at radius 1 is 1.26 bits per heavy atom. The first kappa shape index (κ1) is 20.7. The van der Waals surface area contributed by atoms with E-state index in [1.807, 2.05) is 56.3 Å². The Morgan fingerprint density at radius 2 is 2.06 bits per heavy atom. The molecule has 158 valence electrons. The molecule has 1 fully saturated rings. The summed E-state index contributed by atoms with van der Waals surface area (Å²) >= 11 is 0. The van der Waals surface area contributed by atoms with E-state index in [0.29, 0.717) is 25.3 Å². The Kier molecular flexibility index (Phi) is 6.03. The minimum absolute atomic E-state index is 0.0469. The topological polar surface area (TPSA) is 78.2 Å². The number of pyridine rings is 1. The number of piperidine rings is 1. The first-order chi connectivity index (χ1) is 15.1. The van der Waals surface area contributed by atoms with Crippen LogP contribution in [0.1, 0.15) is 30.9 Å². The van der Waals surface area contributed by atoms with E-state index in [0.717, 1.165) is 46.4 Å². The molecule has 0 saturated carbocycles. The second-order valence-corrected chi connectivity index (χ2v) is 7.86. The molecule has 0 atom stereocenters. The highest BCUT2D eigenvalue weighted by Crippen LogP contribution is 2.34. The van der Waals surface area contributed by atoms with Crippen molar-refractivity contribution in [3.63, 3.8) is 0 Å². The summed E-state index contributed by atoms with van der Waals surface area (Å²) in [6.07, 6.45) is 3.10. The van der Waals surface area contributed by atoms with E-state index in [-0.39, 0.29) is 11.8 Å². The molecule has 6 nitrogen and oxygen atoms in total. The molecule has 0 spiro atoms. The smallest absolute Gasteiger partial charge is 0.227 e. The molecule has 2 heterocycles. The standard InChI is InChI=1S/C25H26N4O2/c1-3-31-21-7-8-23-22(14-21)24(19(15-26)16-27-23)29-11-9-18(10-12-29)25(30)28-20-6-4-5-17(2)13-20/h4-8,13-14,16,18H,3,9-12H2,1-2H3,(H,28,30). The highest BCUT2D eigenvalue weighted by atomic mass is 16.5. The average Bonchev–Trinajstić information content (AvgIpc) is 2.78. The number of aromatic nitrogens is 1. The van der Waals surface area contributed by atoms with Gasteiger partial charge in [0.1, 0.15) is 11.8 Å². The molecular formula is C25H26N4O2. The third-order valence-corrected chi connectivity index (χ3v) is 5.71. The van der Waals surface area contributed by atoms with Crippen molar-refractivity contribution in [2.45, 2.75) is 26.7 Å². The van der Waals surface area contributed by atoms with Gasteiger partial charge in [-0.05, 0) is 62.6 Å². The lowest BCUT2D eigenvalue weighted by Gasteiger charge is -2.34. The molecule has 1 aromatic heterocycles. The van der Waals surface area contributed by atoms with Crippen LogP contribution >= 0.6 is 0 Å². The van der Waals surface area contributed by atoms with E-state index in [1.165, 1.54) is 0 Å². The monoisotopic (exact) mass is 414 g/mol. The van der Waals surface area contributed by atoms with Gasteiger partial charge in [0.05, 0.1) is 23.4 Å². The van der Waals surface area contributed by atoms with Crippen molar-refractivity contribution in [3.8, 4) is 11.8 Å². The summed E-state index contributed by atoms with van der Waals surface area (Å²) in [4.78, 5) is 19.4. The summed E-state index contributed by atoms with van der Waals surface area (Å²) in [5, 5.41) is 13.7. The Balaban J connectivity index is 1.53. The number of anilines is 2. The maximum Gasteiger partial charge on any atom is 0.227 e. The lowest BCUT2D eigenvalue weighted by atomic mass is 9.94. The molecule has 31 heavy (non-hydrogen) atoms. The molecule has 0 unspecified atom stereocenters. The van der Waals surface area contributed by atoms with Crippen LogP contribution in [0.25, 0.3) is 10.9 Å². The van der Waals surface area contributed by atoms with E-state index in [4.69, 9.17) is 4.74 Å². The molecule has 4 rings (SSSR count). The van der Waals surface area contributed by atoms with Crippen LogP contribution in [0.15, 0.2) is 48.7 Å². The molecule has 1 aliphatic rings. The fraction of sp³-hybridized carbons (Fsp3) is 0.320. The summed E-state index contributed by atoms with van der Waals surface area (Å²) in [6.45, 7) is 5.95. The molecule has 0 radical (unpaired) electrons. The SMILES string of the molecule is CCOc1ccc2ncc(C#N)c(N3CCC(C(=O)Nc4cccc(C)c4)CC3)c2c1. The van der Waals surface area contributed by atoms with Gasteiger partial charge in [0.25, 0.3) is 0 Å². The maximum atomic E-state index is 12.8. The summed E-state index contributed by atoms with van der Waals surface area (Å²) in [5.41, 5.74) is 4.21. The van der Waals surface area contributed by atoms with Crippen molar-refractivity contribution in [1.82, 2.24) is 4.98 Å². The molecule has 0 bridgehead atoms. The molecular weight excluding hydrogens is 388 g/mol. The van der Waals surface area contributed by atoms with Gasteiger partial charge in [-0.3, -0.25) is 9.78 Å². The van der Waals surface area contributed by atoms with E-state index < -0.39 is 0 Å². The van der Waals surface area contributed by atoms with Crippen LogP contribution in [0.2, 0.25) is 0 Å². The number of hydrogen-bond donors (Lipinski definition) is 1. The first-order valence-electron chi connectivity index (χ1n) is 10.7. The van der Waals surface area contributed by atoms with Crippen LogP contribution in [0, 0.1) is 24.2 Å². The van der Waals surface area contributed by atoms with Gasteiger partial charge in [-0.2, -0.15) is 5.26 Å². The fourth-order valence-corrected chi connectivity index (χ4v) is 4.17. The lowest BCUT2D eigenvalue weighted by Crippen LogP contribution is -2.38. The van der Waals surface area contributed by atoms with Gasteiger partial charge in [0.15, 0.2) is 0 Å². The van der Waals surface area contributed by atoms with Crippen LogP contribution in [-0.4, -0.2) is 30.6 Å². The van der Waals surface area contributed by atoms with E-state index in [2.05, 4.69) is 21.3 Å². The van der Waals surface area contributed by atoms with Crippen LogP contribution in [0.3, 0.4) is 0 Å². The maximum absolute atomic E-state index is 12.8. The quantitative estimate of drug-likeness (QED) is 0.656. The van der Waals surface area contributed by atoms with Crippen molar-refractivity contribution in [1.29, 1.82) is 5.26 Å². The van der Waals surface area contributed by atoms with Gasteiger partial charge >= 0.3 is 0 Å². The molecule has 6 heteroatoms. The van der Waals surface area contributed by atoms with Gasteiger partial charge in [-0.1, -0.05) is 12.1 Å². The summed E-state index contributed by atoms with van der Waals surface area (Å²) in [5.74, 6) is 0.777. The van der Waals surface area contributed by atoms with Gasteiger partial charge in [0.2, 0.25) is 5.91 Å². The van der Waals surface area contributed by atoms with Crippen LogP contribution in [-0.2, 0) is 4.79 Å². The predicted molar refractivity (Wildman–Crippen MR) is 122 cm³/mol. The molecule has 1 N–H and O–H groups in total. The zero-order valence-corrected chi connectivity index (χ0v) is 17.9. The van der Waals surface area contributed by atoms with Crippen molar-refractivity contribution >= 4 is 28.2 Å². The lowest BCUT2D eigenvalue weighted by molar-refractivity contribution is -0.120. The molecule has 1 amide bonds. The third kappa shape index (κ3) is 4.46. The molecule has 1 saturated heterocycles. The van der Waals surface area contributed by atoms with Gasteiger partial charge < -0.3 is 15.0 Å². The third-order valence-electron chi connectivity index (χ3n) is 5.71. The van der Waals surface area contributed by atoms with Crippen LogP contribution in [0.4, 0.5) is 11.4 Å². The molecule has 2 aromatic carbocycles. The number of rotatable bonds is 5. The normalized spacial score (nSPS) is 14.3. The Morgan fingerprint density at radius 3 is 2.77 bits per heavy atom. The summed E-state index contributed by atoms with van der Waals surface area (Å²) in [7, 11) is 0. The number of nitrogens with zero attached hydrogens (tertiary/aromatic N) is 3. The number of nitriles is 1. The van der Waals surface area contributed by atoms with Crippen molar-refractivity contribution < 1.29 is 9.53 Å². The molecule has 3 aromatic rings. The summed E-state index contributed by atoms with van der Waals surface area (Å²) < 4.78 is 5.66. The average molecular weight is 415 g/mol. The number of fused-ring (bicyclic) bond motifs is 1. The number of aryl methyl sites for hydroxylation is 1. The zero-order valence-electron chi connectivity index (χ0n) is 17.9. The number of amides is 1. The fourth-order valence-electron chi connectivity index (χ4n) is 4.17. The summed E-state index contributed by atoms with van der Waals surface area (Å²) in [6, 6.07) is 15.9. The van der Waals surface area contributed by atoms with Crippen molar-refractivity contribution in [3.05, 3.63) is 59.8 Å². The Hall–Kier alpha value is -3.59. The van der Waals surface area contributed by atoms with E-state index in [1.54, 1.807) is 6.20 Å². The highest BCUT2D eigenvalue weighted by Gasteiger charge is 2.27. The first-order valence-corrected chi connectivity index (χ1v) is 10.7. The number of hydrogen-bond acceptors (Lipinski definition) is 5. The van der Waals surface area contributed by atoms with Crippen LogP contribution in [0.5, 0.6) is 5.75 Å². The van der Waals surface area contributed by atoms with Gasteiger partial charge in [-0.25, -0.2) is 0 Å². The van der Waals surface area contributed by atoms with Crippen molar-refractivity contribution in [2.75, 3.05) is 29.9 Å². The van der Waals surface area contributed by atoms with E-state index in [9.17, 15) is 10.1 Å². The minimum Gasteiger partial charge on any atom is -0.494 e. The number of carbonyl (C=O) groups excluding carboxylic acids is 1. The molecule has 0 aliphatic carbocycles. The number of benzene rings is 2. The largest absolute Gasteiger partial charge is 0.494 e. The van der Waals surface area contributed by atoms with Crippen molar-refractivity contribution in [2.24, 2.45) is 5.92 Å². The number of carbonyl (C=O) groups is 1. The van der Waals surface area contributed by atoms with Gasteiger partial charge in [0, 0.05) is 36.3 Å². The molecule has 1 aliphatic heterocycles. The number of nitrogens with one attached hydrogen (secondary N) is 1. The Labute approximate surface area is 182 Å². The van der Waals surface area contributed by atoms with Gasteiger partial charge in [-0.15, -0.1) is 0 Å². The highest BCUT2D eigenvalue weighted by molar-refractivity contribution is 5.96. The predicted octanol–water partition coefficient (Wildman–Crippen LogP) is 4.67. The second-order valence-electron chi connectivity index (χ2n) is 7.86. The number of ether oxygens (including phenoxy) is 1. The van der Waals surface area contributed by atoms with Crippen LogP contribution < -0.4 is 15.0 Å². The second kappa shape index (κ2) is 9.05. The minimum atomic E-state index is -0.0469. The van der Waals surface area contributed by atoms with E-state index >= 15 is 0 Å². The Bertz CT molecular complexity index is 1140.